The highest BCUT2D eigenvalue weighted by molar-refractivity contribution is 5.85. The van der Waals surface area contributed by atoms with Crippen molar-refractivity contribution >= 4 is 17.5 Å². The predicted molar refractivity (Wildman–Crippen MR) is 79.5 cm³/mol. The van der Waals surface area contributed by atoms with Gasteiger partial charge < -0.3 is 16.4 Å². The minimum absolute atomic E-state index is 0.0612. The first-order valence-electron chi connectivity index (χ1n) is 6.86. The second-order valence-corrected chi connectivity index (χ2v) is 5.05. The van der Waals surface area contributed by atoms with E-state index in [2.05, 4.69) is 0 Å². The Morgan fingerprint density at radius 3 is 2.50 bits per heavy atom. The van der Waals surface area contributed by atoms with Crippen LogP contribution in [0.5, 0.6) is 0 Å². The molecule has 1 rings (SSSR count). The van der Waals surface area contributed by atoms with Gasteiger partial charge in [-0.1, -0.05) is 38.5 Å². The second-order valence-electron chi connectivity index (χ2n) is 5.05. The van der Waals surface area contributed by atoms with Crippen LogP contribution in [0.1, 0.15) is 32.3 Å². The molecular weight excluding hydrogens is 254 g/mol. The summed E-state index contributed by atoms with van der Waals surface area (Å²) in [4.78, 5) is 25.0. The van der Waals surface area contributed by atoms with E-state index < -0.39 is 5.91 Å². The van der Waals surface area contributed by atoms with Crippen LogP contribution in [0.25, 0.3) is 0 Å². The maximum absolute atomic E-state index is 12.4. The minimum Gasteiger partial charge on any atom is -0.398 e. The fraction of sp³-hybridized carbons (Fsp3) is 0.467. The third kappa shape index (κ3) is 4.57. The van der Waals surface area contributed by atoms with Crippen LogP contribution in [0.3, 0.4) is 0 Å². The molecule has 0 heterocycles. The Labute approximate surface area is 119 Å². The molecule has 110 valence electrons. The third-order valence-electron chi connectivity index (χ3n) is 3.22. The van der Waals surface area contributed by atoms with E-state index in [1.54, 1.807) is 6.07 Å². The number of para-hydroxylation sites is 1. The zero-order chi connectivity index (χ0) is 15.1. The van der Waals surface area contributed by atoms with Crippen molar-refractivity contribution in [1.29, 1.82) is 0 Å². The van der Waals surface area contributed by atoms with Crippen LogP contribution in [0.4, 0.5) is 5.69 Å². The number of nitrogen functional groups attached to an aromatic ring is 1. The van der Waals surface area contributed by atoms with Gasteiger partial charge in [0.15, 0.2) is 0 Å². The van der Waals surface area contributed by atoms with Crippen LogP contribution >= 0.6 is 0 Å². The van der Waals surface area contributed by atoms with Crippen molar-refractivity contribution in [2.24, 2.45) is 11.7 Å². The zero-order valence-electron chi connectivity index (χ0n) is 12.1. The van der Waals surface area contributed by atoms with Crippen molar-refractivity contribution in [2.75, 3.05) is 12.3 Å². The molecular formula is C15H23N3O2. The molecule has 2 amide bonds. The first kappa shape index (κ1) is 16.0. The molecule has 5 nitrogen and oxygen atoms in total. The smallest absolute Gasteiger partial charge is 0.237 e. The van der Waals surface area contributed by atoms with E-state index in [1.165, 1.54) is 4.90 Å². The summed E-state index contributed by atoms with van der Waals surface area (Å²) >= 11 is 0. The van der Waals surface area contributed by atoms with Gasteiger partial charge in [0.2, 0.25) is 11.8 Å². The molecule has 1 aromatic rings. The Morgan fingerprint density at radius 1 is 1.30 bits per heavy atom. The van der Waals surface area contributed by atoms with Crippen LogP contribution < -0.4 is 11.5 Å². The summed E-state index contributed by atoms with van der Waals surface area (Å²) in [5.74, 6) is -0.699. The number of hydrogen-bond acceptors (Lipinski definition) is 3. The van der Waals surface area contributed by atoms with Gasteiger partial charge in [-0.3, -0.25) is 9.59 Å². The molecule has 0 bridgehead atoms. The van der Waals surface area contributed by atoms with E-state index in [9.17, 15) is 9.59 Å². The molecule has 4 N–H and O–H groups in total. The molecule has 0 saturated carbocycles. The fourth-order valence-electron chi connectivity index (χ4n) is 2.15. The molecule has 0 radical (unpaired) electrons. The Hall–Kier alpha value is -2.04. The lowest BCUT2D eigenvalue weighted by atomic mass is 10.0. The van der Waals surface area contributed by atoms with Gasteiger partial charge in [0.05, 0.1) is 6.54 Å². The lowest BCUT2D eigenvalue weighted by molar-refractivity contribution is -0.139. The third-order valence-corrected chi connectivity index (χ3v) is 3.22. The summed E-state index contributed by atoms with van der Waals surface area (Å²) < 4.78 is 0. The summed E-state index contributed by atoms with van der Waals surface area (Å²) in [7, 11) is 0. The van der Waals surface area contributed by atoms with Crippen molar-refractivity contribution in [3.8, 4) is 0 Å². The van der Waals surface area contributed by atoms with Crippen molar-refractivity contribution in [1.82, 2.24) is 4.90 Å². The average molecular weight is 277 g/mol. The van der Waals surface area contributed by atoms with Gasteiger partial charge in [-0.25, -0.2) is 0 Å². The summed E-state index contributed by atoms with van der Waals surface area (Å²) in [6, 6.07) is 7.31. The van der Waals surface area contributed by atoms with Gasteiger partial charge in [0, 0.05) is 18.2 Å². The maximum Gasteiger partial charge on any atom is 0.237 e. The average Bonchev–Trinajstić information content (AvgIpc) is 2.39. The number of hydrogen-bond donors (Lipinski definition) is 2. The summed E-state index contributed by atoms with van der Waals surface area (Å²) in [6.07, 6.45) is 1.71. The topological polar surface area (TPSA) is 89.4 Å². The van der Waals surface area contributed by atoms with E-state index in [4.69, 9.17) is 11.5 Å². The fourth-order valence-corrected chi connectivity index (χ4v) is 2.15. The van der Waals surface area contributed by atoms with Crippen LogP contribution in [-0.4, -0.2) is 23.3 Å². The van der Waals surface area contributed by atoms with Crippen molar-refractivity contribution in [2.45, 2.75) is 33.2 Å². The van der Waals surface area contributed by atoms with Crippen LogP contribution in [-0.2, 0) is 16.1 Å². The lowest BCUT2D eigenvalue weighted by Crippen LogP contribution is -2.40. The Bertz CT molecular complexity index is 474. The Kier molecular flexibility index (Phi) is 6.03. The summed E-state index contributed by atoms with van der Waals surface area (Å²) in [6.45, 7) is 4.12. The molecule has 0 fully saturated rings. The highest BCUT2D eigenvalue weighted by Crippen LogP contribution is 2.16. The Balaban J connectivity index is 2.87. The standard InChI is InChI=1S/C15H23N3O2/c1-3-6-11(2)15(20)18(10-14(17)19)9-12-7-4-5-8-13(12)16/h4-5,7-8,11H,3,6,9-10,16H2,1-2H3,(H2,17,19). The number of carbonyl (C=O) groups excluding carboxylic acids is 2. The second kappa shape index (κ2) is 7.53. The van der Waals surface area contributed by atoms with Crippen molar-refractivity contribution < 1.29 is 9.59 Å². The number of carbonyl (C=O) groups is 2. The van der Waals surface area contributed by atoms with E-state index in [1.807, 2.05) is 32.0 Å². The minimum atomic E-state index is -0.517. The molecule has 0 saturated heterocycles. The molecule has 20 heavy (non-hydrogen) atoms. The van der Waals surface area contributed by atoms with Gasteiger partial charge in [-0.15, -0.1) is 0 Å². The number of rotatable bonds is 7. The predicted octanol–water partition coefficient (Wildman–Crippen LogP) is 1.52. The summed E-state index contributed by atoms with van der Waals surface area (Å²) in [5.41, 5.74) is 12.5. The van der Waals surface area contributed by atoms with Crippen molar-refractivity contribution in [3.05, 3.63) is 29.8 Å². The van der Waals surface area contributed by atoms with E-state index in [-0.39, 0.29) is 18.4 Å². The Morgan fingerprint density at radius 2 is 1.95 bits per heavy atom. The lowest BCUT2D eigenvalue weighted by Gasteiger charge is -2.25. The quantitative estimate of drug-likeness (QED) is 0.740. The van der Waals surface area contributed by atoms with Crippen LogP contribution in [0.15, 0.2) is 24.3 Å². The van der Waals surface area contributed by atoms with Gasteiger partial charge in [0.25, 0.3) is 0 Å². The molecule has 0 spiro atoms. The van der Waals surface area contributed by atoms with E-state index >= 15 is 0 Å². The molecule has 0 aromatic heterocycles. The number of nitrogens with two attached hydrogens (primary N) is 2. The number of nitrogens with zero attached hydrogens (tertiary/aromatic N) is 1. The number of anilines is 1. The molecule has 0 aliphatic heterocycles. The monoisotopic (exact) mass is 277 g/mol. The number of amides is 2. The highest BCUT2D eigenvalue weighted by Gasteiger charge is 2.22. The molecule has 1 aromatic carbocycles. The number of benzene rings is 1. The van der Waals surface area contributed by atoms with E-state index in [0.717, 1.165) is 18.4 Å². The molecule has 1 unspecified atom stereocenters. The van der Waals surface area contributed by atoms with E-state index in [0.29, 0.717) is 12.2 Å². The zero-order valence-corrected chi connectivity index (χ0v) is 12.1. The van der Waals surface area contributed by atoms with Gasteiger partial charge >= 0.3 is 0 Å². The van der Waals surface area contributed by atoms with Crippen molar-refractivity contribution in [3.63, 3.8) is 0 Å². The molecule has 0 aliphatic rings. The molecule has 0 aliphatic carbocycles. The van der Waals surface area contributed by atoms with Crippen LogP contribution in [0, 0.1) is 5.92 Å². The molecule has 5 heteroatoms. The summed E-state index contributed by atoms with van der Waals surface area (Å²) in [5, 5.41) is 0. The van der Waals surface area contributed by atoms with Gasteiger partial charge in [-0.05, 0) is 18.1 Å². The largest absolute Gasteiger partial charge is 0.398 e. The first-order chi connectivity index (χ1) is 9.45. The van der Waals surface area contributed by atoms with Gasteiger partial charge in [-0.2, -0.15) is 0 Å². The molecule has 1 atom stereocenters. The van der Waals surface area contributed by atoms with Crippen LogP contribution in [0.2, 0.25) is 0 Å². The normalized spacial score (nSPS) is 11.9. The first-order valence-corrected chi connectivity index (χ1v) is 6.86. The van der Waals surface area contributed by atoms with Gasteiger partial charge in [0.1, 0.15) is 0 Å². The number of primary amides is 1. The highest BCUT2D eigenvalue weighted by atomic mass is 16.2. The SMILES string of the molecule is CCCC(C)C(=O)N(CC(N)=O)Cc1ccccc1N. The maximum atomic E-state index is 12.4.